The van der Waals surface area contributed by atoms with Crippen molar-refractivity contribution < 1.29 is 13.2 Å². The predicted molar refractivity (Wildman–Crippen MR) is 90.6 cm³/mol. The average molecular weight is 339 g/mol. The Balaban J connectivity index is 1.92. The smallest absolute Gasteiger partial charge is 0.251 e. The minimum Gasteiger partial charge on any atom is -0.349 e. The monoisotopic (exact) mass is 339 g/mol. The fraction of sp³-hybridized carbons (Fsp3) is 0.562. The van der Waals surface area contributed by atoms with Gasteiger partial charge in [0.25, 0.3) is 5.91 Å². The Morgan fingerprint density at radius 3 is 2.65 bits per heavy atom. The van der Waals surface area contributed by atoms with E-state index in [-0.39, 0.29) is 23.7 Å². The number of hydrogen-bond acceptors (Lipinski definition) is 4. The Labute approximate surface area is 138 Å². The molecule has 23 heavy (non-hydrogen) atoms. The number of sulfonamides is 1. The number of benzene rings is 1. The van der Waals surface area contributed by atoms with E-state index in [0.29, 0.717) is 37.9 Å². The zero-order chi connectivity index (χ0) is 16.9. The van der Waals surface area contributed by atoms with Crippen molar-refractivity contribution in [3.05, 3.63) is 35.9 Å². The fourth-order valence-corrected chi connectivity index (χ4v) is 4.72. The molecule has 2 rings (SSSR count). The third kappa shape index (κ3) is 4.76. The number of nitrogens with one attached hydrogen (secondary N) is 1. The number of rotatable bonds is 6. The van der Waals surface area contributed by atoms with E-state index in [1.165, 1.54) is 0 Å². The minimum atomic E-state index is -3.26. The van der Waals surface area contributed by atoms with Crippen LogP contribution in [-0.4, -0.2) is 49.6 Å². The second-order valence-electron chi connectivity index (χ2n) is 5.98. The highest BCUT2D eigenvalue weighted by Gasteiger charge is 2.33. The molecule has 0 bridgehead atoms. The SMILES string of the molecule is CC1CC(NC(=O)c2ccccc2)CCN1S(=O)(=O)CCCN. The Bertz CT molecular complexity index is 619. The predicted octanol–water partition coefficient (Wildman–Crippen LogP) is 0.948. The molecule has 0 aromatic heterocycles. The summed E-state index contributed by atoms with van der Waals surface area (Å²) in [4.78, 5) is 12.2. The molecule has 1 aliphatic rings. The molecule has 7 heteroatoms. The zero-order valence-corrected chi connectivity index (χ0v) is 14.3. The normalized spacial score (nSPS) is 22.7. The van der Waals surface area contributed by atoms with Crippen LogP contribution in [0.4, 0.5) is 0 Å². The van der Waals surface area contributed by atoms with Gasteiger partial charge in [0.15, 0.2) is 0 Å². The summed E-state index contributed by atoms with van der Waals surface area (Å²) in [6.45, 7) is 2.70. The van der Waals surface area contributed by atoms with Gasteiger partial charge in [-0.25, -0.2) is 8.42 Å². The van der Waals surface area contributed by atoms with Gasteiger partial charge in [0, 0.05) is 24.2 Å². The lowest BCUT2D eigenvalue weighted by molar-refractivity contribution is 0.0914. The third-order valence-electron chi connectivity index (χ3n) is 4.15. The Kier molecular flexibility index (Phi) is 6.15. The molecule has 1 aliphatic heterocycles. The Morgan fingerprint density at radius 2 is 2.04 bits per heavy atom. The summed E-state index contributed by atoms with van der Waals surface area (Å²) < 4.78 is 26.1. The first-order valence-corrected chi connectivity index (χ1v) is 9.60. The second-order valence-corrected chi connectivity index (χ2v) is 8.02. The van der Waals surface area contributed by atoms with E-state index in [1.807, 2.05) is 25.1 Å². The van der Waals surface area contributed by atoms with E-state index in [0.717, 1.165) is 0 Å². The summed E-state index contributed by atoms with van der Waals surface area (Å²) in [7, 11) is -3.26. The van der Waals surface area contributed by atoms with Crippen LogP contribution in [0.3, 0.4) is 0 Å². The van der Waals surface area contributed by atoms with Gasteiger partial charge >= 0.3 is 0 Å². The molecule has 1 aromatic rings. The number of nitrogens with two attached hydrogens (primary N) is 1. The standard InChI is InChI=1S/C16H25N3O3S/c1-13-12-15(18-16(20)14-6-3-2-4-7-14)8-10-19(13)23(21,22)11-5-9-17/h2-4,6-7,13,15H,5,8-12,17H2,1H3,(H,18,20). The number of nitrogens with zero attached hydrogens (tertiary/aromatic N) is 1. The molecule has 1 heterocycles. The number of carbonyl (C=O) groups is 1. The van der Waals surface area contributed by atoms with Crippen LogP contribution < -0.4 is 11.1 Å². The van der Waals surface area contributed by atoms with Crippen molar-refractivity contribution in [1.82, 2.24) is 9.62 Å². The summed E-state index contributed by atoms with van der Waals surface area (Å²) in [6, 6.07) is 8.93. The maximum absolute atomic E-state index is 12.3. The summed E-state index contributed by atoms with van der Waals surface area (Å²) in [6.07, 6.45) is 1.73. The summed E-state index contributed by atoms with van der Waals surface area (Å²) in [5.41, 5.74) is 6.02. The Morgan fingerprint density at radius 1 is 1.35 bits per heavy atom. The highest BCUT2D eigenvalue weighted by molar-refractivity contribution is 7.89. The van der Waals surface area contributed by atoms with Crippen molar-refractivity contribution in [2.24, 2.45) is 5.73 Å². The van der Waals surface area contributed by atoms with Gasteiger partial charge < -0.3 is 11.1 Å². The summed E-state index contributed by atoms with van der Waals surface area (Å²) in [5, 5.41) is 3.00. The molecule has 2 unspecified atom stereocenters. The average Bonchev–Trinajstić information content (AvgIpc) is 2.53. The van der Waals surface area contributed by atoms with E-state index in [1.54, 1.807) is 16.4 Å². The molecule has 2 atom stereocenters. The van der Waals surface area contributed by atoms with E-state index in [2.05, 4.69) is 5.32 Å². The molecule has 6 nitrogen and oxygen atoms in total. The first-order chi connectivity index (χ1) is 10.9. The summed E-state index contributed by atoms with van der Waals surface area (Å²) >= 11 is 0. The van der Waals surface area contributed by atoms with Crippen LogP contribution >= 0.6 is 0 Å². The van der Waals surface area contributed by atoms with Crippen LogP contribution in [0.1, 0.15) is 36.5 Å². The van der Waals surface area contributed by atoms with E-state index < -0.39 is 10.0 Å². The van der Waals surface area contributed by atoms with Gasteiger partial charge in [-0.1, -0.05) is 18.2 Å². The van der Waals surface area contributed by atoms with Crippen LogP contribution in [0.25, 0.3) is 0 Å². The van der Waals surface area contributed by atoms with Gasteiger partial charge in [0.05, 0.1) is 5.75 Å². The van der Waals surface area contributed by atoms with E-state index >= 15 is 0 Å². The van der Waals surface area contributed by atoms with Crippen LogP contribution in [0.15, 0.2) is 30.3 Å². The molecule has 1 amide bonds. The molecule has 3 N–H and O–H groups in total. The second kappa shape index (κ2) is 7.90. The minimum absolute atomic E-state index is 0.00124. The van der Waals surface area contributed by atoms with Gasteiger partial charge in [0.2, 0.25) is 10.0 Å². The molecule has 0 radical (unpaired) electrons. The van der Waals surface area contributed by atoms with E-state index in [4.69, 9.17) is 5.73 Å². The molecule has 128 valence electrons. The molecule has 1 fully saturated rings. The number of amides is 1. The van der Waals surface area contributed by atoms with Gasteiger partial charge in [-0.2, -0.15) is 4.31 Å². The maximum atomic E-state index is 12.3. The molecule has 0 saturated carbocycles. The van der Waals surface area contributed by atoms with Crippen LogP contribution in [-0.2, 0) is 10.0 Å². The largest absolute Gasteiger partial charge is 0.349 e. The highest BCUT2D eigenvalue weighted by Crippen LogP contribution is 2.21. The van der Waals surface area contributed by atoms with Crippen LogP contribution in [0.5, 0.6) is 0 Å². The summed E-state index contributed by atoms with van der Waals surface area (Å²) in [5.74, 6) is -0.0169. The number of piperidine rings is 1. The topological polar surface area (TPSA) is 92.5 Å². The number of hydrogen-bond donors (Lipinski definition) is 2. The molecular formula is C16H25N3O3S. The van der Waals surface area contributed by atoms with Gasteiger partial charge in [-0.15, -0.1) is 0 Å². The lowest BCUT2D eigenvalue weighted by atomic mass is 10.00. The maximum Gasteiger partial charge on any atom is 0.251 e. The molecular weight excluding hydrogens is 314 g/mol. The van der Waals surface area contributed by atoms with Crippen LogP contribution in [0.2, 0.25) is 0 Å². The van der Waals surface area contributed by atoms with Crippen molar-refractivity contribution in [2.45, 2.75) is 38.3 Å². The Hall–Kier alpha value is -1.44. The molecule has 0 aliphatic carbocycles. The van der Waals surface area contributed by atoms with Crippen molar-refractivity contribution in [3.63, 3.8) is 0 Å². The molecule has 1 saturated heterocycles. The highest BCUT2D eigenvalue weighted by atomic mass is 32.2. The van der Waals surface area contributed by atoms with Gasteiger partial charge in [-0.3, -0.25) is 4.79 Å². The quantitative estimate of drug-likeness (QED) is 0.807. The number of carbonyl (C=O) groups excluding carboxylic acids is 1. The van der Waals surface area contributed by atoms with Crippen LogP contribution in [0, 0.1) is 0 Å². The lowest BCUT2D eigenvalue weighted by Crippen LogP contribution is -2.51. The van der Waals surface area contributed by atoms with Gasteiger partial charge in [-0.05, 0) is 44.9 Å². The third-order valence-corrected chi connectivity index (χ3v) is 6.21. The van der Waals surface area contributed by atoms with Crippen molar-refractivity contribution in [3.8, 4) is 0 Å². The van der Waals surface area contributed by atoms with Crippen molar-refractivity contribution >= 4 is 15.9 Å². The first kappa shape index (κ1) is 17.9. The van der Waals surface area contributed by atoms with Crippen molar-refractivity contribution in [2.75, 3.05) is 18.8 Å². The van der Waals surface area contributed by atoms with E-state index in [9.17, 15) is 13.2 Å². The van der Waals surface area contributed by atoms with Crippen molar-refractivity contribution in [1.29, 1.82) is 0 Å². The van der Waals surface area contributed by atoms with Gasteiger partial charge in [0.1, 0.15) is 0 Å². The fourth-order valence-electron chi connectivity index (χ4n) is 2.94. The molecule has 0 spiro atoms. The lowest BCUT2D eigenvalue weighted by Gasteiger charge is -2.37. The molecule has 1 aromatic carbocycles. The zero-order valence-electron chi connectivity index (χ0n) is 13.4. The first-order valence-electron chi connectivity index (χ1n) is 7.99.